The third kappa shape index (κ3) is 2.51. The maximum Gasteiger partial charge on any atom is 0.303 e. The lowest BCUT2D eigenvalue weighted by Crippen LogP contribution is -2.24. The SMILES string of the molecule is CN(C(=O)C#CBr)c1ccc(O)cc1. The number of benzene rings is 1. The Hall–Kier alpha value is -1.47. The molecule has 1 aromatic carbocycles. The van der Waals surface area contributed by atoms with Gasteiger partial charge in [0.15, 0.2) is 0 Å². The zero-order valence-corrected chi connectivity index (χ0v) is 9.08. The molecule has 0 saturated carbocycles. The van der Waals surface area contributed by atoms with Crippen LogP contribution in [0.5, 0.6) is 5.75 Å². The molecule has 72 valence electrons. The van der Waals surface area contributed by atoms with Crippen molar-refractivity contribution in [2.24, 2.45) is 0 Å². The molecule has 0 saturated heterocycles. The van der Waals surface area contributed by atoms with Crippen molar-refractivity contribution < 1.29 is 9.90 Å². The minimum Gasteiger partial charge on any atom is -0.508 e. The molecule has 0 aromatic heterocycles. The fourth-order valence-electron chi connectivity index (χ4n) is 0.918. The minimum absolute atomic E-state index is 0.168. The number of hydrogen-bond donors (Lipinski definition) is 1. The van der Waals surface area contributed by atoms with Crippen LogP contribution in [0.4, 0.5) is 5.69 Å². The van der Waals surface area contributed by atoms with Gasteiger partial charge in [-0.1, -0.05) is 0 Å². The lowest BCUT2D eigenvalue weighted by atomic mass is 10.3. The van der Waals surface area contributed by atoms with Crippen molar-refractivity contribution in [1.82, 2.24) is 0 Å². The van der Waals surface area contributed by atoms with Crippen LogP contribution in [0.2, 0.25) is 0 Å². The molecular weight excluding hydrogens is 246 g/mol. The Kier molecular flexibility index (Phi) is 3.55. The molecular formula is C10H8BrNO2. The van der Waals surface area contributed by atoms with Gasteiger partial charge in [0.25, 0.3) is 0 Å². The predicted molar refractivity (Wildman–Crippen MR) is 58.2 cm³/mol. The van der Waals surface area contributed by atoms with Crippen LogP contribution in [0.1, 0.15) is 0 Å². The summed E-state index contributed by atoms with van der Waals surface area (Å²) in [5.41, 5.74) is 0.683. The minimum atomic E-state index is -0.312. The maximum absolute atomic E-state index is 11.3. The van der Waals surface area contributed by atoms with Gasteiger partial charge in [0.1, 0.15) is 5.75 Å². The van der Waals surface area contributed by atoms with Gasteiger partial charge in [-0.3, -0.25) is 4.79 Å². The summed E-state index contributed by atoms with van der Waals surface area (Å²) in [4.78, 5) is 15.0. The second-order valence-corrected chi connectivity index (χ2v) is 3.00. The average molecular weight is 254 g/mol. The highest BCUT2D eigenvalue weighted by molar-refractivity contribution is 9.12. The Labute approximate surface area is 90.5 Å². The van der Waals surface area contributed by atoms with Crippen molar-refractivity contribution in [3.05, 3.63) is 24.3 Å². The molecule has 1 rings (SSSR count). The molecule has 1 aromatic rings. The van der Waals surface area contributed by atoms with Gasteiger partial charge in [0.05, 0.1) is 0 Å². The van der Waals surface area contributed by atoms with E-state index in [0.29, 0.717) is 5.69 Å². The van der Waals surface area contributed by atoms with Gasteiger partial charge in [-0.05, 0) is 29.1 Å². The number of rotatable bonds is 1. The number of aromatic hydroxyl groups is 1. The second kappa shape index (κ2) is 4.68. The second-order valence-electron chi connectivity index (χ2n) is 2.60. The van der Waals surface area contributed by atoms with E-state index in [1.54, 1.807) is 19.2 Å². The summed E-state index contributed by atoms with van der Waals surface area (Å²) in [6, 6.07) is 6.31. The average Bonchev–Trinajstić information content (AvgIpc) is 2.18. The third-order valence-electron chi connectivity index (χ3n) is 1.70. The van der Waals surface area contributed by atoms with E-state index in [1.807, 2.05) is 0 Å². The topological polar surface area (TPSA) is 40.5 Å². The quantitative estimate of drug-likeness (QED) is 0.775. The van der Waals surface area contributed by atoms with E-state index < -0.39 is 0 Å². The Morgan fingerprint density at radius 1 is 1.43 bits per heavy atom. The number of anilines is 1. The van der Waals surface area contributed by atoms with E-state index in [-0.39, 0.29) is 11.7 Å². The molecule has 0 bridgehead atoms. The lowest BCUT2D eigenvalue weighted by Gasteiger charge is -2.13. The van der Waals surface area contributed by atoms with E-state index in [1.165, 1.54) is 17.0 Å². The lowest BCUT2D eigenvalue weighted by molar-refractivity contribution is -0.113. The molecule has 0 fully saturated rings. The molecule has 4 heteroatoms. The first-order chi connectivity index (χ1) is 6.65. The molecule has 0 unspecified atom stereocenters. The maximum atomic E-state index is 11.3. The number of amides is 1. The standard InChI is InChI=1S/C10H8BrNO2/c1-12(10(14)6-7-11)8-2-4-9(13)5-3-8/h2-5,13H,1H3. The van der Waals surface area contributed by atoms with Crippen molar-refractivity contribution >= 4 is 27.5 Å². The summed E-state index contributed by atoms with van der Waals surface area (Å²) in [6.45, 7) is 0. The summed E-state index contributed by atoms with van der Waals surface area (Å²) >= 11 is 2.85. The first kappa shape index (κ1) is 10.6. The Balaban J connectivity index is 2.87. The van der Waals surface area contributed by atoms with E-state index in [0.717, 1.165) is 0 Å². The van der Waals surface area contributed by atoms with Crippen LogP contribution < -0.4 is 4.90 Å². The zero-order chi connectivity index (χ0) is 10.6. The first-order valence-corrected chi connectivity index (χ1v) is 4.63. The fraction of sp³-hybridized carbons (Fsp3) is 0.100. The normalized spacial score (nSPS) is 8.71. The first-order valence-electron chi connectivity index (χ1n) is 3.83. The Bertz CT molecular complexity index is 389. The molecule has 0 radical (unpaired) electrons. The van der Waals surface area contributed by atoms with Gasteiger partial charge in [0, 0.05) is 34.6 Å². The largest absolute Gasteiger partial charge is 0.508 e. The number of phenolic OH excluding ortho intramolecular Hbond substituents is 1. The highest BCUT2D eigenvalue weighted by Crippen LogP contribution is 2.16. The molecule has 0 atom stereocenters. The number of hydrogen-bond acceptors (Lipinski definition) is 2. The summed E-state index contributed by atoms with van der Waals surface area (Å²) in [6.07, 6.45) is 0. The number of nitrogens with zero attached hydrogens (tertiary/aromatic N) is 1. The number of halogens is 1. The van der Waals surface area contributed by atoms with Gasteiger partial charge < -0.3 is 10.0 Å². The highest BCUT2D eigenvalue weighted by Gasteiger charge is 2.07. The summed E-state index contributed by atoms with van der Waals surface area (Å²) in [7, 11) is 1.62. The monoisotopic (exact) mass is 253 g/mol. The van der Waals surface area contributed by atoms with Gasteiger partial charge in [-0.2, -0.15) is 0 Å². The van der Waals surface area contributed by atoms with Crippen LogP contribution in [-0.2, 0) is 4.79 Å². The van der Waals surface area contributed by atoms with Gasteiger partial charge in [0.2, 0.25) is 0 Å². The summed E-state index contributed by atoms with van der Waals surface area (Å²) < 4.78 is 0. The van der Waals surface area contributed by atoms with Crippen molar-refractivity contribution in [2.75, 3.05) is 11.9 Å². The Morgan fingerprint density at radius 2 is 2.00 bits per heavy atom. The fourth-order valence-corrected chi connectivity index (χ4v) is 1.09. The summed E-state index contributed by atoms with van der Waals surface area (Å²) in [5.74, 6) is 2.20. The molecule has 0 aliphatic rings. The van der Waals surface area contributed by atoms with Crippen molar-refractivity contribution in [1.29, 1.82) is 0 Å². The molecule has 1 amide bonds. The molecule has 0 spiro atoms. The van der Waals surface area contributed by atoms with E-state index in [9.17, 15) is 4.79 Å². The molecule has 3 nitrogen and oxygen atoms in total. The number of phenols is 1. The van der Waals surface area contributed by atoms with Crippen LogP contribution >= 0.6 is 15.9 Å². The predicted octanol–water partition coefficient (Wildman–Crippen LogP) is 1.71. The van der Waals surface area contributed by atoms with Crippen LogP contribution in [-0.4, -0.2) is 18.1 Å². The van der Waals surface area contributed by atoms with E-state index in [2.05, 4.69) is 26.7 Å². The number of carbonyl (C=O) groups is 1. The van der Waals surface area contributed by atoms with Crippen LogP contribution in [0.3, 0.4) is 0 Å². The van der Waals surface area contributed by atoms with E-state index in [4.69, 9.17) is 5.11 Å². The van der Waals surface area contributed by atoms with Crippen LogP contribution in [0, 0.1) is 10.8 Å². The van der Waals surface area contributed by atoms with Crippen molar-refractivity contribution in [3.63, 3.8) is 0 Å². The van der Waals surface area contributed by atoms with Crippen molar-refractivity contribution in [3.8, 4) is 16.5 Å². The third-order valence-corrected chi connectivity index (χ3v) is 1.89. The van der Waals surface area contributed by atoms with E-state index >= 15 is 0 Å². The van der Waals surface area contributed by atoms with Crippen LogP contribution in [0.25, 0.3) is 0 Å². The van der Waals surface area contributed by atoms with Crippen molar-refractivity contribution in [2.45, 2.75) is 0 Å². The molecule has 1 N–H and O–H groups in total. The zero-order valence-electron chi connectivity index (χ0n) is 7.49. The molecule has 0 aliphatic carbocycles. The van der Waals surface area contributed by atoms with Gasteiger partial charge in [-0.25, -0.2) is 0 Å². The molecule has 0 heterocycles. The molecule has 14 heavy (non-hydrogen) atoms. The Morgan fingerprint density at radius 3 is 2.50 bits per heavy atom. The summed E-state index contributed by atoms with van der Waals surface area (Å²) in [5, 5.41) is 9.04. The van der Waals surface area contributed by atoms with Gasteiger partial charge >= 0.3 is 5.91 Å². The number of carbonyl (C=O) groups excluding carboxylic acids is 1. The molecule has 0 aliphatic heterocycles. The smallest absolute Gasteiger partial charge is 0.303 e. The van der Waals surface area contributed by atoms with Crippen LogP contribution in [0.15, 0.2) is 24.3 Å². The highest BCUT2D eigenvalue weighted by atomic mass is 79.9. The van der Waals surface area contributed by atoms with Gasteiger partial charge in [-0.15, -0.1) is 0 Å².